The maximum Gasteiger partial charge on any atom is 0.303 e. The average molecular weight is 545 g/mol. The van der Waals surface area contributed by atoms with Crippen LogP contribution in [0.5, 0.6) is 5.75 Å². The molecule has 9 heteroatoms. The van der Waals surface area contributed by atoms with Crippen LogP contribution in [0, 0.1) is 11.8 Å². The minimum absolute atomic E-state index is 0.0562. The van der Waals surface area contributed by atoms with E-state index in [0.717, 1.165) is 42.8 Å². The van der Waals surface area contributed by atoms with Crippen LogP contribution in [0.15, 0.2) is 53.9 Å². The molecular formula is C28H33ClN2O5S. The molecule has 0 unspecified atom stereocenters. The summed E-state index contributed by atoms with van der Waals surface area (Å²) in [6.07, 6.45) is 6.22. The highest BCUT2D eigenvalue weighted by atomic mass is 35.5. The fourth-order valence-corrected chi connectivity index (χ4v) is 7.04. The molecule has 1 saturated carbocycles. The third-order valence-corrected chi connectivity index (χ3v) is 9.37. The van der Waals surface area contributed by atoms with Gasteiger partial charge in [-0.3, -0.25) is 4.79 Å². The Balaban J connectivity index is 1.54. The van der Waals surface area contributed by atoms with Crippen molar-refractivity contribution in [1.29, 1.82) is 0 Å². The van der Waals surface area contributed by atoms with Crippen LogP contribution in [-0.4, -0.2) is 40.2 Å². The van der Waals surface area contributed by atoms with Crippen molar-refractivity contribution in [3.8, 4) is 5.75 Å². The summed E-state index contributed by atoms with van der Waals surface area (Å²) in [5.74, 6) is 0.723. The first-order valence-corrected chi connectivity index (χ1v) is 14.7. The largest absolute Gasteiger partial charge is 0.490 e. The van der Waals surface area contributed by atoms with Crippen molar-refractivity contribution in [3.63, 3.8) is 0 Å². The first-order chi connectivity index (χ1) is 17.6. The van der Waals surface area contributed by atoms with Gasteiger partial charge < -0.3 is 14.4 Å². The van der Waals surface area contributed by atoms with Crippen LogP contribution in [0.3, 0.4) is 0 Å². The van der Waals surface area contributed by atoms with Gasteiger partial charge in [-0.15, -0.1) is 0 Å². The fourth-order valence-electron chi connectivity index (χ4n) is 6.31. The second kappa shape index (κ2) is 9.97. The first-order valence-electron chi connectivity index (χ1n) is 12.7. The number of esters is 1. The quantitative estimate of drug-likeness (QED) is 0.421. The van der Waals surface area contributed by atoms with Crippen LogP contribution in [0.25, 0.3) is 0 Å². The Labute approximate surface area is 223 Å². The van der Waals surface area contributed by atoms with E-state index in [9.17, 15) is 13.2 Å². The van der Waals surface area contributed by atoms with Crippen molar-refractivity contribution < 1.29 is 22.7 Å². The molecule has 4 atom stereocenters. The Morgan fingerprint density at radius 1 is 1.32 bits per heavy atom. The second-order valence-electron chi connectivity index (χ2n) is 10.6. The van der Waals surface area contributed by atoms with Gasteiger partial charge in [0.1, 0.15) is 11.9 Å². The van der Waals surface area contributed by atoms with Gasteiger partial charge in [-0.1, -0.05) is 30.3 Å². The van der Waals surface area contributed by atoms with E-state index in [2.05, 4.69) is 23.6 Å². The summed E-state index contributed by atoms with van der Waals surface area (Å²) in [7, 11) is -3.89. The molecule has 1 heterocycles. The van der Waals surface area contributed by atoms with Crippen molar-refractivity contribution in [1.82, 2.24) is 0 Å². The van der Waals surface area contributed by atoms with Crippen molar-refractivity contribution in [2.45, 2.75) is 55.4 Å². The third kappa shape index (κ3) is 5.11. The standard InChI is InChI=1S/C28H33ClN2O5S/c1-3-26(36-18(2)32)23-9-6-20(23)15-31-16-28(12-4-5-19-13-21(29)7-10-24(19)28)17-35-27-11-8-22(14-25(27)31)37(30,33)34/h3,7-8,10-11,13-14,20,23,26H,1,4-6,9,12,15-17H2,2H3,(H2,30,33,34)/t20-,23+,26-,28-/m0/s1. The van der Waals surface area contributed by atoms with Gasteiger partial charge in [-0.25, -0.2) is 13.6 Å². The van der Waals surface area contributed by atoms with Crippen molar-refractivity contribution in [3.05, 3.63) is 65.2 Å². The monoisotopic (exact) mass is 544 g/mol. The zero-order chi connectivity index (χ0) is 26.4. The Morgan fingerprint density at radius 2 is 2.14 bits per heavy atom. The number of ether oxygens (including phenoxy) is 2. The predicted octanol–water partition coefficient (Wildman–Crippen LogP) is 4.60. The molecule has 2 N–H and O–H groups in total. The fraction of sp³-hybridized carbons (Fsp3) is 0.464. The summed E-state index contributed by atoms with van der Waals surface area (Å²) in [4.78, 5) is 14.0. The van der Waals surface area contributed by atoms with Gasteiger partial charge in [-0.2, -0.15) is 0 Å². The topological polar surface area (TPSA) is 98.9 Å². The molecule has 2 aromatic carbocycles. The molecule has 2 aliphatic carbocycles. The highest BCUT2D eigenvalue weighted by Gasteiger charge is 2.44. The van der Waals surface area contributed by atoms with E-state index in [-0.39, 0.29) is 34.2 Å². The number of hydrogen-bond donors (Lipinski definition) is 1. The van der Waals surface area contributed by atoms with E-state index in [4.69, 9.17) is 26.2 Å². The van der Waals surface area contributed by atoms with Gasteiger partial charge in [0, 0.05) is 36.4 Å². The number of nitrogens with two attached hydrogens (primary N) is 1. The van der Waals surface area contributed by atoms with Crippen LogP contribution < -0.4 is 14.8 Å². The van der Waals surface area contributed by atoms with Crippen LogP contribution in [0.4, 0.5) is 5.69 Å². The molecule has 1 fully saturated rings. The number of aryl methyl sites for hydroxylation is 1. The zero-order valence-electron chi connectivity index (χ0n) is 21.0. The van der Waals surface area contributed by atoms with Gasteiger partial charge in [0.2, 0.25) is 10.0 Å². The number of fused-ring (bicyclic) bond motifs is 3. The number of hydrogen-bond acceptors (Lipinski definition) is 6. The summed E-state index contributed by atoms with van der Waals surface area (Å²) < 4.78 is 36.4. The van der Waals surface area contributed by atoms with Gasteiger partial charge in [0.15, 0.2) is 0 Å². The van der Waals surface area contributed by atoms with E-state index < -0.39 is 10.0 Å². The van der Waals surface area contributed by atoms with Crippen molar-refractivity contribution >= 4 is 33.3 Å². The van der Waals surface area contributed by atoms with E-state index in [1.165, 1.54) is 24.1 Å². The number of anilines is 1. The Kier molecular flexibility index (Phi) is 7.02. The van der Waals surface area contributed by atoms with Gasteiger partial charge >= 0.3 is 5.97 Å². The lowest BCUT2D eigenvalue weighted by molar-refractivity contribution is -0.149. The van der Waals surface area contributed by atoms with E-state index in [0.29, 0.717) is 25.4 Å². The number of primary sulfonamides is 1. The molecule has 0 radical (unpaired) electrons. The molecule has 5 rings (SSSR count). The average Bonchev–Trinajstić information content (AvgIpc) is 2.97. The maximum absolute atomic E-state index is 12.2. The Hall–Kier alpha value is -2.55. The minimum Gasteiger partial charge on any atom is -0.490 e. The van der Waals surface area contributed by atoms with Crippen LogP contribution in [0.1, 0.15) is 43.7 Å². The van der Waals surface area contributed by atoms with Crippen molar-refractivity contribution in [2.24, 2.45) is 17.0 Å². The number of benzene rings is 2. The summed E-state index contributed by atoms with van der Waals surface area (Å²) >= 11 is 6.33. The van der Waals surface area contributed by atoms with Crippen LogP contribution in [-0.2, 0) is 31.4 Å². The predicted molar refractivity (Wildman–Crippen MR) is 144 cm³/mol. The molecule has 1 spiro atoms. The molecule has 7 nitrogen and oxygen atoms in total. The highest BCUT2D eigenvalue weighted by molar-refractivity contribution is 7.89. The molecular weight excluding hydrogens is 512 g/mol. The smallest absolute Gasteiger partial charge is 0.303 e. The summed E-state index contributed by atoms with van der Waals surface area (Å²) in [6, 6.07) is 10.9. The molecule has 198 valence electrons. The number of carbonyl (C=O) groups is 1. The van der Waals surface area contributed by atoms with Gasteiger partial charge in [0.05, 0.1) is 17.2 Å². The molecule has 0 aromatic heterocycles. The summed E-state index contributed by atoms with van der Waals surface area (Å²) in [5, 5.41) is 6.22. The lowest BCUT2D eigenvalue weighted by Crippen LogP contribution is -2.49. The number of halogens is 1. The third-order valence-electron chi connectivity index (χ3n) is 8.22. The van der Waals surface area contributed by atoms with E-state index in [1.807, 2.05) is 6.07 Å². The van der Waals surface area contributed by atoms with Crippen LogP contribution >= 0.6 is 11.6 Å². The lowest BCUT2D eigenvalue weighted by atomic mass is 9.68. The minimum atomic E-state index is -3.89. The first kappa shape index (κ1) is 26.1. The zero-order valence-corrected chi connectivity index (χ0v) is 22.6. The maximum atomic E-state index is 12.2. The van der Waals surface area contributed by atoms with Gasteiger partial charge in [0.25, 0.3) is 0 Å². The van der Waals surface area contributed by atoms with E-state index in [1.54, 1.807) is 18.2 Å². The van der Waals surface area contributed by atoms with Gasteiger partial charge in [-0.05, 0) is 79.5 Å². The van der Waals surface area contributed by atoms with E-state index >= 15 is 0 Å². The highest BCUT2D eigenvalue weighted by Crippen LogP contribution is 2.47. The number of rotatable bonds is 6. The molecule has 0 saturated heterocycles. The molecule has 2 aromatic rings. The number of sulfonamides is 1. The molecule has 0 amide bonds. The molecule has 0 bridgehead atoms. The molecule has 1 aliphatic heterocycles. The Morgan fingerprint density at radius 3 is 2.81 bits per heavy atom. The SMILES string of the molecule is C=C[C@H](OC(C)=O)[C@@H]1CC[C@H]1CN1C[C@@]2(CCCc3cc(Cl)ccc32)COc2ccc(S(N)(=O)=O)cc21. The van der Waals surface area contributed by atoms with Crippen LogP contribution in [0.2, 0.25) is 5.02 Å². The summed E-state index contributed by atoms with van der Waals surface area (Å²) in [6.45, 7) is 7.12. The van der Waals surface area contributed by atoms with Crippen molar-refractivity contribution in [2.75, 3.05) is 24.6 Å². The second-order valence-corrected chi connectivity index (χ2v) is 12.6. The summed E-state index contributed by atoms with van der Waals surface area (Å²) in [5.41, 5.74) is 2.92. The molecule has 37 heavy (non-hydrogen) atoms. The molecule has 3 aliphatic rings. The lowest BCUT2D eigenvalue weighted by Gasteiger charge is -2.45. The number of carbonyl (C=O) groups excluding carboxylic acids is 1. The Bertz CT molecular complexity index is 1330. The number of nitrogens with zero attached hydrogens (tertiary/aromatic N) is 1. The normalized spacial score (nSPS) is 25.6.